The fraction of sp³-hybridized carbons (Fsp3) is 0.200. The number of carbonyl (C=O) groups excluding carboxylic acids is 1. The van der Waals surface area contributed by atoms with E-state index in [1.807, 2.05) is 6.07 Å². The first kappa shape index (κ1) is 19.6. The molecule has 0 radical (unpaired) electrons. The van der Waals surface area contributed by atoms with Crippen LogP contribution in [0.15, 0.2) is 49.1 Å². The Morgan fingerprint density at radius 3 is 2.36 bits per heavy atom. The van der Waals surface area contributed by atoms with Crippen molar-refractivity contribution in [1.82, 2.24) is 9.55 Å². The Morgan fingerprint density at radius 1 is 1.11 bits per heavy atom. The summed E-state index contributed by atoms with van der Waals surface area (Å²) in [5.41, 5.74) is 2.11. The molecule has 0 aliphatic carbocycles. The summed E-state index contributed by atoms with van der Waals surface area (Å²) in [6.45, 7) is 0. The van der Waals surface area contributed by atoms with E-state index in [1.165, 1.54) is 21.3 Å². The first-order chi connectivity index (χ1) is 13.5. The highest BCUT2D eigenvalue weighted by molar-refractivity contribution is 6.32. The summed E-state index contributed by atoms with van der Waals surface area (Å²) in [6, 6.07) is 8.80. The highest BCUT2D eigenvalue weighted by atomic mass is 35.5. The number of benzene rings is 2. The van der Waals surface area contributed by atoms with Gasteiger partial charge in [0.05, 0.1) is 44.8 Å². The van der Waals surface area contributed by atoms with E-state index < -0.39 is 0 Å². The van der Waals surface area contributed by atoms with Gasteiger partial charge in [0.2, 0.25) is 11.7 Å². The lowest BCUT2D eigenvalue weighted by Gasteiger charge is -2.14. The van der Waals surface area contributed by atoms with Crippen molar-refractivity contribution in [3.63, 3.8) is 0 Å². The zero-order valence-electron chi connectivity index (χ0n) is 15.7. The molecule has 0 atom stereocenters. The van der Waals surface area contributed by atoms with E-state index in [4.69, 9.17) is 25.8 Å². The molecule has 1 aromatic heterocycles. The first-order valence-electron chi connectivity index (χ1n) is 8.42. The Balaban J connectivity index is 1.75. The Labute approximate surface area is 167 Å². The van der Waals surface area contributed by atoms with E-state index in [0.717, 1.165) is 11.3 Å². The molecule has 0 aliphatic heterocycles. The molecule has 2 aromatic carbocycles. The highest BCUT2D eigenvalue weighted by Crippen LogP contribution is 2.38. The van der Waals surface area contributed by atoms with Crippen molar-refractivity contribution in [2.24, 2.45) is 0 Å². The van der Waals surface area contributed by atoms with Gasteiger partial charge in [0.1, 0.15) is 0 Å². The molecule has 1 amide bonds. The molecule has 3 aromatic rings. The van der Waals surface area contributed by atoms with Crippen molar-refractivity contribution in [3.05, 3.63) is 59.6 Å². The molecule has 8 heteroatoms. The summed E-state index contributed by atoms with van der Waals surface area (Å²) in [5.74, 6) is 1.28. The Morgan fingerprint density at radius 2 is 1.82 bits per heavy atom. The highest BCUT2D eigenvalue weighted by Gasteiger charge is 2.15. The van der Waals surface area contributed by atoms with Crippen LogP contribution in [-0.4, -0.2) is 36.8 Å². The lowest BCUT2D eigenvalue weighted by Crippen LogP contribution is -2.14. The maximum absolute atomic E-state index is 12.5. The van der Waals surface area contributed by atoms with Gasteiger partial charge in [-0.25, -0.2) is 4.98 Å². The van der Waals surface area contributed by atoms with Crippen LogP contribution in [0, 0.1) is 0 Å². The minimum absolute atomic E-state index is 0.137. The minimum atomic E-state index is -0.194. The van der Waals surface area contributed by atoms with Gasteiger partial charge in [-0.3, -0.25) is 4.79 Å². The SMILES string of the molecule is COc1cc(CC(=O)Nc2ccc(-n3ccnc3)c(Cl)c2)cc(OC)c1OC. The van der Waals surface area contributed by atoms with Crippen molar-refractivity contribution < 1.29 is 19.0 Å². The van der Waals surface area contributed by atoms with Crippen LogP contribution in [0.2, 0.25) is 5.02 Å². The number of carbonyl (C=O) groups is 1. The summed E-state index contributed by atoms with van der Waals surface area (Å²) < 4.78 is 17.7. The second-order valence-electron chi connectivity index (χ2n) is 5.89. The maximum Gasteiger partial charge on any atom is 0.228 e. The average Bonchev–Trinajstić information content (AvgIpc) is 3.21. The van der Waals surface area contributed by atoms with Crippen LogP contribution in [0.25, 0.3) is 5.69 Å². The molecule has 0 unspecified atom stereocenters. The predicted octanol–water partition coefficient (Wildman–Crippen LogP) is 3.73. The van der Waals surface area contributed by atoms with Crippen molar-refractivity contribution in [3.8, 4) is 22.9 Å². The fourth-order valence-electron chi connectivity index (χ4n) is 2.82. The monoisotopic (exact) mass is 401 g/mol. The van der Waals surface area contributed by atoms with Crippen molar-refractivity contribution >= 4 is 23.2 Å². The number of amides is 1. The van der Waals surface area contributed by atoms with Gasteiger partial charge in [-0.15, -0.1) is 0 Å². The molecule has 28 heavy (non-hydrogen) atoms. The van der Waals surface area contributed by atoms with Crippen LogP contribution in [0.4, 0.5) is 5.69 Å². The van der Waals surface area contributed by atoms with Gasteiger partial charge in [-0.1, -0.05) is 11.6 Å². The number of hydrogen-bond donors (Lipinski definition) is 1. The van der Waals surface area contributed by atoms with Gasteiger partial charge in [0, 0.05) is 18.1 Å². The van der Waals surface area contributed by atoms with E-state index in [1.54, 1.807) is 47.6 Å². The Hall–Kier alpha value is -3.19. The first-order valence-corrected chi connectivity index (χ1v) is 8.80. The fourth-order valence-corrected chi connectivity index (χ4v) is 3.10. The van der Waals surface area contributed by atoms with Gasteiger partial charge >= 0.3 is 0 Å². The molecule has 1 heterocycles. The Bertz CT molecular complexity index is 949. The van der Waals surface area contributed by atoms with E-state index in [9.17, 15) is 4.79 Å². The molecule has 0 spiro atoms. The summed E-state index contributed by atoms with van der Waals surface area (Å²) in [7, 11) is 4.60. The number of imidazole rings is 1. The third kappa shape index (κ3) is 4.20. The second-order valence-corrected chi connectivity index (χ2v) is 6.30. The van der Waals surface area contributed by atoms with Crippen LogP contribution in [0.3, 0.4) is 0 Å². The number of aromatic nitrogens is 2. The number of rotatable bonds is 7. The topological polar surface area (TPSA) is 74.6 Å². The number of nitrogens with one attached hydrogen (secondary N) is 1. The molecule has 7 nitrogen and oxygen atoms in total. The van der Waals surface area contributed by atoms with E-state index >= 15 is 0 Å². The van der Waals surface area contributed by atoms with E-state index in [-0.39, 0.29) is 12.3 Å². The zero-order valence-corrected chi connectivity index (χ0v) is 16.5. The molecule has 146 valence electrons. The molecule has 0 saturated carbocycles. The maximum atomic E-state index is 12.5. The molecule has 3 rings (SSSR count). The number of methoxy groups -OCH3 is 3. The standard InChI is InChI=1S/C20H20ClN3O4/c1-26-17-8-13(9-18(27-2)20(17)28-3)10-19(25)23-14-4-5-16(15(21)11-14)24-7-6-22-12-24/h4-9,11-12H,10H2,1-3H3,(H,23,25). The molecule has 0 fully saturated rings. The van der Waals surface area contributed by atoms with Gasteiger partial charge in [-0.05, 0) is 35.9 Å². The van der Waals surface area contributed by atoms with Crippen LogP contribution < -0.4 is 19.5 Å². The van der Waals surface area contributed by atoms with Crippen LogP contribution in [0.5, 0.6) is 17.2 Å². The molecule has 0 aliphatic rings. The van der Waals surface area contributed by atoms with Crippen molar-refractivity contribution in [1.29, 1.82) is 0 Å². The van der Waals surface area contributed by atoms with Gasteiger partial charge < -0.3 is 24.1 Å². The largest absolute Gasteiger partial charge is 0.493 e. The summed E-state index contributed by atoms with van der Waals surface area (Å²) in [4.78, 5) is 16.5. The van der Waals surface area contributed by atoms with Crippen molar-refractivity contribution in [2.75, 3.05) is 26.6 Å². The molecule has 1 N–H and O–H groups in total. The predicted molar refractivity (Wildman–Crippen MR) is 107 cm³/mol. The lowest BCUT2D eigenvalue weighted by molar-refractivity contribution is -0.115. The number of ether oxygens (including phenoxy) is 3. The number of halogens is 1. The van der Waals surface area contributed by atoms with Gasteiger partial charge in [0.25, 0.3) is 0 Å². The van der Waals surface area contributed by atoms with Gasteiger partial charge in [0.15, 0.2) is 11.5 Å². The quantitative estimate of drug-likeness (QED) is 0.652. The van der Waals surface area contributed by atoms with E-state index in [0.29, 0.717) is 28.0 Å². The lowest BCUT2D eigenvalue weighted by atomic mass is 10.1. The third-order valence-corrected chi connectivity index (χ3v) is 4.41. The van der Waals surface area contributed by atoms with E-state index in [2.05, 4.69) is 10.3 Å². The van der Waals surface area contributed by atoms with Crippen LogP contribution >= 0.6 is 11.6 Å². The number of anilines is 1. The Kier molecular flexibility index (Phi) is 6.06. The van der Waals surface area contributed by atoms with Crippen LogP contribution in [0.1, 0.15) is 5.56 Å². The van der Waals surface area contributed by atoms with Crippen LogP contribution in [-0.2, 0) is 11.2 Å². The molecular formula is C20H20ClN3O4. The smallest absolute Gasteiger partial charge is 0.228 e. The second kappa shape index (κ2) is 8.67. The summed E-state index contributed by atoms with van der Waals surface area (Å²) >= 11 is 6.33. The molecule has 0 bridgehead atoms. The molecular weight excluding hydrogens is 382 g/mol. The minimum Gasteiger partial charge on any atom is -0.493 e. The number of nitrogens with zero attached hydrogens (tertiary/aromatic N) is 2. The average molecular weight is 402 g/mol. The summed E-state index contributed by atoms with van der Waals surface area (Å²) in [5, 5.41) is 3.35. The number of hydrogen-bond acceptors (Lipinski definition) is 5. The molecule has 0 saturated heterocycles. The van der Waals surface area contributed by atoms with Gasteiger partial charge in [-0.2, -0.15) is 0 Å². The third-order valence-electron chi connectivity index (χ3n) is 4.10. The zero-order chi connectivity index (χ0) is 20.1. The van der Waals surface area contributed by atoms with Crippen molar-refractivity contribution in [2.45, 2.75) is 6.42 Å². The summed E-state index contributed by atoms with van der Waals surface area (Å²) in [6.07, 6.45) is 5.26. The normalized spacial score (nSPS) is 10.4.